The molecule has 27 heavy (non-hydrogen) atoms. The smallest absolute Gasteiger partial charge is 0.159 e. The molecule has 4 rings (SSSR count). The Hall–Kier alpha value is -2.40. The van der Waals surface area contributed by atoms with Crippen LogP contribution in [0.15, 0.2) is 77.9 Å². The Bertz CT molecular complexity index is 913. The summed E-state index contributed by atoms with van der Waals surface area (Å²) in [5, 5.41) is 0. The van der Waals surface area contributed by atoms with Crippen molar-refractivity contribution < 1.29 is 0 Å². The van der Waals surface area contributed by atoms with E-state index in [0.29, 0.717) is 6.54 Å². The highest BCUT2D eigenvalue weighted by molar-refractivity contribution is 6.18. The lowest BCUT2D eigenvalue weighted by molar-refractivity contribution is 0.811. The molecule has 0 bridgehead atoms. The van der Waals surface area contributed by atoms with Crippen molar-refractivity contribution >= 4 is 47.7 Å². The molecule has 1 aliphatic rings. The minimum atomic E-state index is 0. The average molecular weight is 401 g/mol. The van der Waals surface area contributed by atoms with Gasteiger partial charge in [0.1, 0.15) is 5.69 Å². The number of halogens is 2. The molecule has 6 heteroatoms. The second kappa shape index (κ2) is 9.51. The summed E-state index contributed by atoms with van der Waals surface area (Å²) in [6.45, 7) is 1.46. The van der Waals surface area contributed by atoms with Crippen LogP contribution >= 0.6 is 24.8 Å². The molecular formula is C21H22Cl2N4. The first-order valence-corrected chi connectivity index (χ1v) is 8.54. The largest absolute Gasteiger partial charge is 0.330 e. The van der Waals surface area contributed by atoms with Crippen LogP contribution in [0.4, 0.5) is 17.2 Å². The molecule has 0 amide bonds. The molecule has 1 aliphatic heterocycles. The van der Waals surface area contributed by atoms with Gasteiger partial charge in [-0.1, -0.05) is 48.5 Å². The van der Waals surface area contributed by atoms with Gasteiger partial charge in [-0.25, -0.2) is 9.98 Å². The first kappa shape index (κ1) is 20.9. The van der Waals surface area contributed by atoms with E-state index in [-0.39, 0.29) is 24.8 Å². The van der Waals surface area contributed by atoms with Gasteiger partial charge in [0.25, 0.3) is 0 Å². The monoisotopic (exact) mass is 400 g/mol. The van der Waals surface area contributed by atoms with Crippen molar-refractivity contribution in [2.24, 2.45) is 10.7 Å². The fourth-order valence-corrected chi connectivity index (χ4v) is 3.18. The average Bonchev–Trinajstić information content (AvgIpc) is 2.82. The van der Waals surface area contributed by atoms with E-state index in [1.54, 1.807) is 0 Å². The number of rotatable bonds is 4. The molecule has 0 unspecified atom stereocenters. The summed E-state index contributed by atoms with van der Waals surface area (Å²) < 4.78 is 0. The number of fused-ring (bicyclic) bond motifs is 2. The molecule has 2 N–H and O–H groups in total. The second-order valence-corrected chi connectivity index (χ2v) is 5.98. The zero-order valence-electron chi connectivity index (χ0n) is 14.8. The van der Waals surface area contributed by atoms with E-state index in [1.807, 2.05) is 36.5 Å². The maximum Gasteiger partial charge on any atom is 0.159 e. The molecule has 3 aromatic rings. The predicted molar refractivity (Wildman–Crippen MR) is 118 cm³/mol. The summed E-state index contributed by atoms with van der Waals surface area (Å²) in [5.74, 6) is 0.884. The number of nitrogens with two attached hydrogens (primary N) is 1. The third-order valence-electron chi connectivity index (χ3n) is 4.34. The molecule has 0 aliphatic carbocycles. The van der Waals surface area contributed by atoms with Crippen LogP contribution in [0, 0.1) is 0 Å². The van der Waals surface area contributed by atoms with Crippen LogP contribution in [0.5, 0.6) is 0 Å². The molecule has 0 spiro atoms. The summed E-state index contributed by atoms with van der Waals surface area (Å²) in [4.78, 5) is 11.8. The van der Waals surface area contributed by atoms with Gasteiger partial charge in [0.05, 0.1) is 11.4 Å². The van der Waals surface area contributed by atoms with Gasteiger partial charge in [-0.15, -0.1) is 24.8 Å². The van der Waals surface area contributed by atoms with E-state index in [1.165, 1.54) is 0 Å². The van der Waals surface area contributed by atoms with Gasteiger partial charge in [0, 0.05) is 23.9 Å². The summed E-state index contributed by atoms with van der Waals surface area (Å²) in [5.41, 5.74) is 11.0. The van der Waals surface area contributed by atoms with Crippen LogP contribution < -0.4 is 10.6 Å². The number of benzene rings is 2. The first-order chi connectivity index (χ1) is 12.4. The maximum absolute atomic E-state index is 5.77. The molecular weight excluding hydrogens is 379 g/mol. The quantitative estimate of drug-likeness (QED) is 0.677. The normalized spacial score (nSPS) is 11.9. The van der Waals surface area contributed by atoms with Crippen LogP contribution in [0.25, 0.3) is 0 Å². The van der Waals surface area contributed by atoms with Crippen LogP contribution in [0.3, 0.4) is 0 Å². The molecule has 2 heterocycles. The van der Waals surface area contributed by atoms with Gasteiger partial charge in [0.2, 0.25) is 0 Å². The zero-order chi connectivity index (χ0) is 17.1. The summed E-state index contributed by atoms with van der Waals surface area (Å²) in [6, 6.07) is 22.6. The van der Waals surface area contributed by atoms with Gasteiger partial charge in [-0.3, -0.25) is 0 Å². The molecule has 0 atom stereocenters. The highest BCUT2D eigenvalue weighted by atomic mass is 35.5. The summed E-state index contributed by atoms with van der Waals surface area (Å²) in [6.07, 6.45) is 2.71. The summed E-state index contributed by atoms with van der Waals surface area (Å²) in [7, 11) is 0. The van der Waals surface area contributed by atoms with Crippen LogP contribution in [-0.2, 0) is 0 Å². The summed E-state index contributed by atoms with van der Waals surface area (Å²) >= 11 is 0. The van der Waals surface area contributed by atoms with E-state index < -0.39 is 0 Å². The topological polar surface area (TPSA) is 54.5 Å². The van der Waals surface area contributed by atoms with Crippen LogP contribution in [-0.4, -0.2) is 23.8 Å². The molecule has 140 valence electrons. The van der Waals surface area contributed by atoms with Crippen molar-refractivity contribution in [2.75, 3.05) is 18.0 Å². The first-order valence-electron chi connectivity index (χ1n) is 8.54. The minimum absolute atomic E-state index is 0. The number of nitrogens with zero attached hydrogens (tertiary/aromatic N) is 3. The number of aromatic nitrogens is 1. The second-order valence-electron chi connectivity index (χ2n) is 5.98. The van der Waals surface area contributed by atoms with Gasteiger partial charge in [-0.05, 0) is 31.2 Å². The van der Waals surface area contributed by atoms with Crippen molar-refractivity contribution in [1.82, 2.24) is 4.98 Å². The molecule has 4 nitrogen and oxygen atoms in total. The fraction of sp³-hybridized carbons (Fsp3) is 0.143. The van der Waals surface area contributed by atoms with E-state index in [4.69, 9.17) is 10.7 Å². The Labute approximate surface area is 172 Å². The van der Waals surface area contributed by atoms with E-state index in [9.17, 15) is 0 Å². The molecule has 0 radical (unpaired) electrons. The SMILES string of the molecule is Cl.Cl.NCCCN1c2ccccc2C(c2ccccc2)=Nc2cccnc21. The standard InChI is InChI=1S/C21H20N4.2ClH/c22-13-7-15-25-19-12-5-4-10-17(19)20(16-8-2-1-3-9-16)24-18-11-6-14-23-21(18)25;;/h1-6,8-12,14H,7,13,15,22H2;2*1H. The number of hydrogen-bond acceptors (Lipinski definition) is 4. The Kier molecular flexibility index (Phi) is 7.36. The molecule has 0 saturated carbocycles. The van der Waals surface area contributed by atoms with E-state index >= 15 is 0 Å². The van der Waals surface area contributed by atoms with Crippen molar-refractivity contribution in [1.29, 1.82) is 0 Å². The van der Waals surface area contributed by atoms with Gasteiger partial charge in [-0.2, -0.15) is 0 Å². The van der Waals surface area contributed by atoms with Crippen molar-refractivity contribution in [3.05, 3.63) is 84.1 Å². The molecule has 0 fully saturated rings. The number of anilines is 2. The highest BCUT2D eigenvalue weighted by Gasteiger charge is 2.23. The fourth-order valence-electron chi connectivity index (χ4n) is 3.18. The third kappa shape index (κ3) is 4.14. The van der Waals surface area contributed by atoms with Crippen molar-refractivity contribution in [3.63, 3.8) is 0 Å². The lowest BCUT2D eigenvalue weighted by Gasteiger charge is -2.25. The Balaban J connectivity index is 0.00000131. The van der Waals surface area contributed by atoms with Crippen LogP contribution in [0.2, 0.25) is 0 Å². The number of pyridine rings is 1. The number of hydrogen-bond donors (Lipinski definition) is 1. The Morgan fingerprint density at radius 1 is 0.852 bits per heavy atom. The molecule has 2 aromatic carbocycles. The predicted octanol–water partition coefficient (Wildman–Crippen LogP) is 4.89. The van der Waals surface area contributed by atoms with Gasteiger partial charge < -0.3 is 10.6 Å². The number of aliphatic imine (C=N–C) groups is 1. The number of para-hydroxylation sites is 1. The van der Waals surface area contributed by atoms with E-state index in [2.05, 4.69) is 46.3 Å². The van der Waals surface area contributed by atoms with Gasteiger partial charge >= 0.3 is 0 Å². The lowest BCUT2D eigenvalue weighted by atomic mass is 10.00. The highest BCUT2D eigenvalue weighted by Crippen LogP contribution is 2.38. The van der Waals surface area contributed by atoms with E-state index in [0.717, 1.165) is 47.0 Å². The Morgan fingerprint density at radius 2 is 1.59 bits per heavy atom. The third-order valence-corrected chi connectivity index (χ3v) is 4.34. The van der Waals surface area contributed by atoms with Gasteiger partial charge in [0.15, 0.2) is 5.82 Å². The zero-order valence-corrected chi connectivity index (χ0v) is 16.4. The van der Waals surface area contributed by atoms with Crippen molar-refractivity contribution in [3.8, 4) is 0 Å². The molecule has 0 saturated heterocycles. The molecule has 1 aromatic heterocycles. The van der Waals surface area contributed by atoms with Crippen LogP contribution in [0.1, 0.15) is 17.5 Å². The van der Waals surface area contributed by atoms with Crippen molar-refractivity contribution in [2.45, 2.75) is 6.42 Å². The minimum Gasteiger partial charge on any atom is -0.330 e. The maximum atomic E-state index is 5.77. The lowest BCUT2D eigenvalue weighted by Crippen LogP contribution is -2.23. The Morgan fingerprint density at radius 3 is 2.37 bits per heavy atom.